The quantitative estimate of drug-likeness (QED) is 0.610. The van der Waals surface area contributed by atoms with Crippen LogP contribution < -0.4 is 5.48 Å². The van der Waals surface area contributed by atoms with Gasteiger partial charge in [-0.15, -0.1) is 5.48 Å². The largest absolute Gasteiger partial charge is 0.446 e. The molecule has 0 saturated carbocycles. The lowest BCUT2D eigenvalue weighted by Gasteiger charge is -2.14. The van der Waals surface area contributed by atoms with E-state index < -0.39 is 12.1 Å². The number of hydrogen-bond donors (Lipinski definition) is 1. The van der Waals surface area contributed by atoms with Crippen LogP contribution in [0, 0.1) is 0 Å². The third-order valence-corrected chi connectivity index (χ3v) is 4.58. The van der Waals surface area contributed by atoms with E-state index in [1.54, 1.807) is 0 Å². The van der Waals surface area contributed by atoms with Gasteiger partial charge in [0, 0.05) is 12.3 Å². The molecule has 0 aliphatic heterocycles. The van der Waals surface area contributed by atoms with E-state index >= 15 is 0 Å². The Hall–Kier alpha value is -2.82. The Balaban J connectivity index is 1.55. The average molecular weight is 353 g/mol. The Morgan fingerprint density at radius 1 is 0.962 bits per heavy atom. The molecule has 5 heteroatoms. The summed E-state index contributed by atoms with van der Waals surface area (Å²) in [5.41, 5.74) is 6.68. The van der Waals surface area contributed by atoms with Gasteiger partial charge in [0.15, 0.2) is 0 Å². The second-order valence-electron chi connectivity index (χ2n) is 6.36. The third-order valence-electron chi connectivity index (χ3n) is 4.58. The summed E-state index contributed by atoms with van der Waals surface area (Å²) < 4.78 is 5.29. The predicted octanol–water partition coefficient (Wildman–Crippen LogP) is 4.56. The van der Waals surface area contributed by atoms with Crippen molar-refractivity contribution in [3.8, 4) is 11.1 Å². The molecule has 136 valence electrons. The van der Waals surface area contributed by atoms with Gasteiger partial charge in [-0.25, -0.2) is 9.59 Å². The number of unbranched alkanes of at least 4 members (excludes halogenated alkanes) is 2. The second kappa shape index (κ2) is 8.52. The molecule has 1 amide bonds. The molecule has 0 radical (unpaired) electrons. The molecule has 0 saturated heterocycles. The van der Waals surface area contributed by atoms with Crippen LogP contribution >= 0.6 is 0 Å². The van der Waals surface area contributed by atoms with Crippen LogP contribution in [0.2, 0.25) is 0 Å². The Morgan fingerprint density at radius 3 is 2.19 bits per heavy atom. The van der Waals surface area contributed by atoms with Gasteiger partial charge in [0.1, 0.15) is 6.61 Å². The lowest BCUT2D eigenvalue weighted by molar-refractivity contribution is -0.149. The maximum atomic E-state index is 11.8. The molecule has 1 aliphatic rings. The van der Waals surface area contributed by atoms with Crippen LogP contribution in [0.3, 0.4) is 0 Å². The molecule has 0 spiro atoms. The number of carbonyl (C=O) groups excluding carboxylic acids is 2. The number of amides is 1. The molecule has 0 fully saturated rings. The molecule has 0 atom stereocenters. The number of hydrogen-bond acceptors (Lipinski definition) is 4. The van der Waals surface area contributed by atoms with Gasteiger partial charge in [0.05, 0.1) is 0 Å². The van der Waals surface area contributed by atoms with E-state index in [-0.39, 0.29) is 18.9 Å². The smallest absolute Gasteiger partial charge is 0.440 e. The molecule has 1 N–H and O–H groups in total. The van der Waals surface area contributed by atoms with Crippen molar-refractivity contribution in [1.29, 1.82) is 0 Å². The van der Waals surface area contributed by atoms with Crippen LogP contribution in [0.1, 0.15) is 49.7 Å². The van der Waals surface area contributed by atoms with E-state index in [1.807, 2.05) is 24.3 Å². The molecule has 2 aromatic rings. The zero-order chi connectivity index (χ0) is 18.4. The molecule has 3 rings (SSSR count). The Bertz CT molecular complexity index is 742. The van der Waals surface area contributed by atoms with E-state index in [0.29, 0.717) is 0 Å². The zero-order valence-electron chi connectivity index (χ0n) is 14.9. The van der Waals surface area contributed by atoms with Crippen molar-refractivity contribution in [2.75, 3.05) is 6.61 Å². The highest BCUT2D eigenvalue weighted by molar-refractivity contribution is 5.79. The van der Waals surface area contributed by atoms with E-state index in [1.165, 1.54) is 11.1 Å². The first-order valence-corrected chi connectivity index (χ1v) is 9.01. The van der Waals surface area contributed by atoms with Crippen molar-refractivity contribution >= 4 is 12.1 Å². The van der Waals surface area contributed by atoms with Gasteiger partial charge in [-0.05, 0) is 28.7 Å². The molecule has 0 heterocycles. The average Bonchev–Trinajstić information content (AvgIpc) is 2.99. The van der Waals surface area contributed by atoms with Gasteiger partial charge in [0.25, 0.3) is 0 Å². The van der Waals surface area contributed by atoms with Crippen LogP contribution in [0.5, 0.6) is 0 Å². The first kappa shape index (κ1) is 18.0. The van der Waals surface area contributed by atoms with Gasteiger partial charge in [-0.3, -0.25) is 0 Å². The highest BCUT2D eigenvalue weighted by Gasteiger charge is 2.29. The number of fused-ring (bicyclic) bond motifs is 3. The minimum atomic E-state index is -0.754. The van der Waals surface area contributed by atoms with Crippen LogP contribution in [0.25, 0.3) is 11.1 Å². The minimum absolute atomic E-state index is 0.0200. The fourth-order valence-electron chi connectivity index (χ4n) is 3.30. The van der Waals surface area contributed by atoms with E-state index in [0.717, 1.165) is 30.4 Å². The molecule has 0 aromatic heterocycles. The summed E-state index contributed by atoms with van der Waals surface area (Å²) in [5, 5.41) is 0. The Labute approximate surface area is 153 Å². The molecular weight excluding hydrogens is 330 g/mol. The zero-order valence-corrected chi connectivity index (χ0v) is 14.9. The predicted molar refractivity (Wildman–Crippen MR) is 98.4 cm³/mol. The minimum Gasteiger partial charge on any atom is -0.446 e. The highest BCUT2D eigenvalue weighted by Crippen LogP contribution is 2.44. The van der Waals surface area contributed by atoms with E-state index in [9.17, 15) is 9.59 Å². The first-order chi connectivity index (χ1) is 12.7. The number of hydroxylamine groups is 1. The van der Waals surface area contributed by atoms with Crippen molar-refractivity contribution in [2.45, 2.75) is 38.5 Å². The third kappa shape index (κ3) is 4.04. The van der Waals surface area contributed by atoms with Crippen molar-refractivity contribution < 1.29 is 19.2 Å². The maximum Gasteiger partial charge on any atom is 0.440 e. The van der Waals surface area contributed by atoms with Gasteiger partial charge in [0.2, 0.25) is 0 Å². The molecule has 1 aliphatic carbocycles. The van der Waals surface area contributed by atoms with E-state index in [2.05, 4.69) is 36.7 Å². The van der Waals surface area contributed by atoms with Crippen molar-refractivity contribution in [2.24, 2.45) is 0 Å². The number of nitrogens with one attached hydrogen (secondary N) is 1. The molecule has 26 heavy (non-hydrogen) atoms. The summed E-state index contributed by atoms with van der Waals surface area (Å²) >= 11 is 0. The van der Waals surface area contributed by atoms with Crippen LogP contribution in [-0.2, 0) is 14.4 Å². The summed E-state index contributed by atoms with van der Waals surface area (Å²) in [4.78, 5) is 28.1. The highest BCUT2D eigenvalue weighted by atomic mass is 16.7. The summed E-state index contributed by atoms with van der Waals surface area (Å²) in [5.74, 6) is -0.472. The Morgan fingerprint density at radius 2 is 1.58 bits per heavy atom. The van der Waals surface area contributed by atoms with Crippen molar-refractivity contribution in [1.82, 2.24) is 5.48 Å². The first-order valence-electron chi connectivity index (χ1n) is 9.01. The van der Waals surface area contributed by atoms with Gasteiger partial charge in [-0.1, -0.05) is 68.3 Å². The SMILES string of the molecule is CCCCCC(=O)ONC(=O)OCC1c2ccccc2-c2ccccc21. The molecule has 0 unspecified atom stereocenters. The molecular formula is C21H23NO4. The number of ether oxygens (including phenoxy) is 1. The van der Waals surface area contributed by atoms with Crippen LogP contribution in [-0.4, -0.2) is 18.7 Å². The molecule has 0 bridgehead atoms. The number of benzene rings is 2. The summed E-state index contributed by atoms with van der Waals surface area (Å²) in [6.45, 7) is 2.24. The summed E-state index contributed by atoms with van der Waals surface area (Å²) in [6.07, 6.45) is 2.27. The topological polar surface area (TPSA) is 64.6 Å². The molecule has 2 aromatic carbocycles. The number of rotatable bonds is 6. The van der Waals surface area contributed by atoms with Crippen LogP contribution in [0.15, 0.2) is 48.5 Å². The van der Waals surface area contributed by atoms with Crippen LogP contribution in [0.4, 0.5) is 4.79 Å². The van der Waals surface area contributed by atoms with Gasteiger partial charge in [-0.2, -0.15) is 0 Å². The fourth-order valence-corrected chi connectivity index (χ4v) is 3.30. The maximum absolute atomic E-state index is 11.8. The lowest BCUT2D eigenvalue weighted by atomic mass is 9.98. The number of carbonyl (C=O) groups is 2. The molecule has 5 nitrogen and oxygen atoms in total. The van der Waals surface area contributed by atoms with Gasteiger partial charge >= 0.3 is 12.1 Å². The lowest BCUT2D eigenvalue weighted by Crippen LogP contribution is -2.29. The van der Waals surface area contributed by atoms with Gasteiger partial charge < -0.3 is 9.57 Å². The van der Waals surface area contributed by atoms with Crippen molar-refractivity contribution in [3.63, 3.8) is 0 Å². The standard InChI is InChI=1S/C21H23NO4/c1-2-3-4-13-20(23)26-22-21(24)25-14-19-17-11-7-5-9-15(17)16-10-6-8-12-18(16)19/h5-12,19H,2-4,13-14H2,1H3,(H,22,24). The van der Waals surface area contributed by atoms with E-state index in [4.69, 9.17) is 9.57 Å². The Kier molecular flexibility index (Phi) is 5.89. The van der Waals surface area contributed by atoms with Crippen molar-refractivity contribution in [3.05, 3.63) is 59.7 Å². The summed E-state index contributed by atoms with van der Waals surface area (Å²) in [7, 11) is 0. The summed E-state index contributed by atoms with van der Waals surface area (Å²) in [6, 6.07) is 16.2. The second-order valence-corrected chi connectivity index (χ2v) is 6.36. The fraction of sp³-hybridized carbons (Fsp3) is 0.333. The monoisotopic (exact) mass is 353 g/mol. The normalized spacial score (nSPS) is 12.2.